The Bertz CT molecular complexity index is 1370. The molecular weight excluding hydrogens is 499 g/mol. The predicted octanol–water partition coefficient (Wildman–Crippen LogP) is 3.27. The predicted molar refractivity (Wildman–Crippen MR) is 138 cm³/mol. The molecule has 0 bridgehead atoms. The average Bonchev–Trinajstić information content (AvgIpc) is 2.86. The number of halogens is 3. The van der Waals surface area contributed by atoms with Gasteiger partial charge in [0.25, 0.3) is 11.8 Å². The second kappa shape index (κ2) is 11.1. The van der Waals surface area contributed by atoms with E-state index in [1.807, 2.05) is 4.90 Å². The summed E-state index contributed by atoms with van der Waals surface area (Å²) in [6.07, 6.45) is 2.06. The van der Waals surface area contributed by atoms with Crippen molar-refractivity contribution in [1.82, 2.24) is 15.3 Å². The van der Waals surface area contributed by atoms with Gasteiger partial charge in [-0.25, -0.2) is 18.2 Å². The summed E-state index contributed by atoms with van der Waals surface area (Å²) in [5.74, 6) is -3.55. The fourth-order valence-corrected chi connectivity index (χ4v) is 4.21. The van der Waals surface area contributed by atoms with Gasteiger partial charge in [-0.05, 0) is 50.6 Å². The van der Waals surface area contributed by atoms with Crippen LogP contribution < -0.4 is 27.0 Å². The smallest absolute Gasteiger partial charge is 0.276 e. The Balaban J connectivity index is 1.65. The number of carbonyl (C=O) groups is 2. The molecule has 2 aromatic heterocycles. The highest BCUT2D eigenvalue weighted by molar-refractivity contribution is 6.08. The van der Waals surface area contributed by atoms with Crippen LogP contribution in [0, 0.1) is 11.6 Å². The molecule has 3 aromatic rings. The lowest BCUT2D eigenvalue weighted by Crippen LogP contribution is -2.50. The molecule has 2 atom stereocenters. The summed E-state index contributed by atoms with van der Waals surface area (Å²) >= 11 is 0. The van der Waals surface area contributed by atoms with Crippen molar-refractivity contribution in [3.05, 3.63) is 65.6 Å². The minimum atomic E-state index is -1.12. The van der Waals surface area contributed by atoms with E-state index in [1.165, 1.54) is 24.5 Å². The number of hydrogen-bond donors (Lipinski definition) is 4. The van der Waals surface area contributed by atoms with Crippen molar-refractivity contribution in [2.24, 2.45) is 5.73 Å². The summed E-state index contributed by atoms with van der Waals surface area (Å²) in [5, 5.41) is 5.24. The number of carbonyl (C=O) groups excluding carboxylic acids is 2. The zero-order valence-corrected chi connectivity index (χ0v) is 20.8. The maximum absolute atomic E-state index is 15.3. The van der Waals surface area contributed by atoms with E-state index in [0.717, 1.165) is 12.1 Å². The number of rotatable bonds is 6. The van der Waals surface area contributed by atoms with Crippen LogP contribution in [-0.4, -0.2) is 53.1 Å². The van der Waals surface area contributed by atoms with E-state index < -0.39 is 41.2 Å². The van der Waals surface area contributed by atoms with Crippen molar-refractivity contribution in [3.63, 3.8) is 0 Å². The fraction of sp³-hybridized carbons (Fsp3) is 0.308. The van der Waals surface area contributed by atoms with Gasteiger partial charge in [-0.2, -0.15) is 0 Å². The van der Waals surface area contributed by atoms with Gasteiger partial charge in [0.05, 0.1) is 46.1 Å². The number of pyridine rings is 2. The first kappa shape index (κ1) is 26.9. The van der Waals surface area contributed by atoms with E-state index >= 15 is 4.39 Å². The Morgan fingerprint density at radius 1 is 1.13 bits per heavy atom. The van der Waals surface area contributed by atoms with Crippen LogP contribution in [0.5, 0.6) is 0 Å². The molecule has 0 saturated carbocycles. The SMILES string of the molecule is CC(C)NC(=O)c1ccc(F)c(-c2ccc(N)c(C(=O)Nc3cnccc3N3CC[C@@H](F)[C@H](N)C3)n2)c1F. The van der Waals surface area contributed by atoms with Gasteiger partial charge in [0.1, 0.15) is 17.8 Å². The quantitative estimate of drug-likeness (QED) is 0.386. The lowest BCUT2D eigenvalue weighted by Gasteiger charge is -2.35. The normalized spacial score (nSPS) is 17.4. The highest BCUT2D eigenvalue weighted by Crippen LogP contribution is 2.31. The molecule has 1 fully saturated rings. The molecule has 3 heterocycles. The van der Waals surface area contributed by atoms with Crippen molar-refractivity contribution in [2.75, 3.05) is 29.0 Å². The van der Waals surface area contributed by atoms with Gasteiger partial charge in [-0.15, -0.1) is 0 Å². The number of alkyl halides is 1. The molecule has 6 N–H and O–H groups in total. The van der Waals surface area contributed by atoms with Gasteiger partial charge in [0, 0.05) is 25.3 Å². The Morgan fingerprint density at radius 2 is 1.89 bits per heavy atom. The number of piperidine rings is 1. The third-order valence-electron chi connectivity index (χ3n) is 6.11. The zero-order chi connectivity index (χ0) is 27.6. The molecule has 200 valence electrons. The van der Waals surface area contributed by atoms with Crippen molar-refractivity contribution >= 4 is 28.9 Å². The lowest BCUT2D eigenvalue weighted by molar-refractivity contribution is 0.0938. The number of aromatic nitrogens is 2. The van der Waals surface area contributed by atoms with Crippen molar-refractivity contribution in [1.29, 1.82) is 0 Å². The molecule has 12 heteroatoms. The summed E-state index contributed by atoms with van der Waals surface area (Å²) in [4.78, 5) is 35.6. The Labute approximate surface area is 217 Å². The second-order valence-corrected chi connectivity index (χ2v) is 9.31. The molecule has 38 heavy (non-hydrogen) atoms. The Hall–Kier alpha value is -4.19. The first-order chi connectivity index (χ1) is 18.1. The Morgan fingerprint density at radius 3 is 2.61 bits per heavy atom. The second-order valence-electron chi connectivity index (χ2n) is 9.31. The van der Waals surface area contributed by atoms with Crippen LogP contribution in [0.1, 0.15) is 41.1 Å². The van der Waals surface area contributed by atoms with Crippen LogP contribution in [-0.2, 0) is 0 Å². The first-order valence-electron chi connectivity index (χ1n) is 12.0. The number of nitrogens with zero attached hydrogens (tertiary/aromatic N) is 3. The largest absolute Gasteiger partial charge is 0.397 e. The molecule has 9 nitrogen and oxygen atoms in total. The zero-order valence-electron chi connectivity index (χ0n) is 20.8. The number of hydrogen-bond acceptors (Lipinski definition) is 7. The van der Waals surface area contributed by atoms with Gasteiger partial charge in [0.2, 0.25) is 0 Å². The van der Waals surface area contributed by atoms with Crippen LogP contribution in [0.25, 0.3) is 11.3 Å². The number of nitrogens with one attached hydrogen (secondary N) is 2. The molecule has 1 aliphatic heterocycles. The Kier molecular flexibility index (Phi) is 7.81. The van der Waals surface area contributed by atoms with Gasteiger partial charge in [-0.3, -0.25) is 14.6 Å². The molecule has 2 amide bonds. The number of nitrogens with two attached hydrogens (primary N) is 2. The van der Waals surface area contributed by atoms with Crippen molar-refractivity contribution in [3.8, 4) is 11.3 Å². The monoisotopic (exact) mass is 527 g/mol. The summed E-state index contributed by atoms with van der Waals surface area (Å²) in [6.45, 7) is 4.04. The number of benzene rings is 1. The molecule has 4 rings (SSSR count). The third kappa shape index (κ3) is 5.54. The fourth-order valence-electron chi connectivity index (χ4n) is 4.21. The van der Waals surface area contributed by atoms with E-state index in [2.05, 4.69) is 20.6 Å². The lowest BCUT2D eigenvalue weighted by atomic mass is 10.0. The van der Waals surface area contributed by atoms with Crippen LogP contribution in [0.3, 0.4) is 0 Å². The molecule has 0 spiro atoms. The van der Waals surface area contributed by atoms with Gasteiger partial charge < -0.3 is 27.0 Å². The maximum Gasteiger partial charge on any atom is 0.276 e. The van der Waals surface area contributed by atoms with E-state index in [0.29, 0.717) is 17.9 Å². The molecule has 1 aliphatic rings. The standard InChI is InChI=1S/C26H28F3N7O2/c1-13(2)33-25(37)14-3-4-16(28)22(23(14)29)19-6-5-17(30)24(34-19)26(38)35-20-11-32-9-7-21(20)36-10-8-15(27)18(31)12-36/h3-7,9,11,13,15,18H,8,10,12,30-31H2,1-2H3,(H,33,37)(H,35,38)/t15-,18-/m1/s1. The summed E-state index contributed by atoms with van der Waals surface area (Å²) in [6, 6.07) is 5.26. The molecule has 0 unspecified atom stereocenters. The van der Waals surface area contributed by atoms with E-state index in [-0.39, 0.29) is 41.6 Å². The van der Waals surface area contributed by atoms with Crippen molar-refractivity contribution < 1.29 is 22.8 Å². The molecule has 0 aliphatic carbocycles. The summed E-state index contributed by atoms with van der Waals surface area (Å²) in [5.41, 5.74) is 11.3. The number of anilines is 3. The van der Waals surface area contributed by atoms with Crippen LogP contribution in [0.2, 0.25) is 0 Å². The van der Waals surface area contributed by atoms with E-state index in [4.69, 9.17) is 11.5 Å². The molecule has 0 radical (unpaired) electrons. The number of nitrogen functional groups attached to an aromatic ring is 1. The van der Waals surface area contributed by atoms with Gasteiger partial charge >= 0.3 is 0 Å². The number of amides is 2. The molecular formula is C26H28F3N7O2. The first-order valence-corrected chi connectivity index (χ1v) is 12.0. The molecule has 1 saturated heterocycles. The van der Waals surface area contributed by atoms with E-state index in [9.17, 15) is 18.4 Å². The van der Waals surface area contributed by atoms with Gasteiger partial charge in [-0.1, -0.05) is 0 Å². The maximum atomic E-state index is 15.3. The topological polar surface area (TPSA) is 139 Å². The third-order valence-corrected chi connectivity index (χ3v) is 6.11. The minimum Gasteiger partial charge on any atom is -0.397 e. The summed E-state index contributed by atoms with van der Waals surface area (Å²) < 4.78 is 43.9. The highest BCUT2D eigenvalue weighted by Gasteiger charge is 2.28. The minimum absolute atomic E-state index is 0.0357. The average molecular weight is 528 g/mol. The van der Waals surface area contributed by atoms with Crippen LogP contribution in [0.4, 0.5) is 30.2 Å². The van der Waals surface area contributed by atoms with Gasteiger partial charge in [0.15, 0.2) is 5.69 Å². The van der Waals surface area contributed by atoms with Crippen LogP contribution >= 0.6 is 0 Å². The molecule has 1 aromatic carbocycles. The summed E-state index contributed by atoms with van der Waals surface area (Å²) in [7, 11) is 0. The highest BCUT2D eigenvalue weighted by atomic mass is 19.1. The van der Waals surface area contributed by atoms with Crippen LogP contribution in [0.15, 0.2) is 42.7 Å². The van der Waals surface area contributed by atoms with E-state index in [1.54, 1.807) is 19.9 Å². The van der Waals surface area contributed by atoms with Crippen molar-refractivity contribution in [2.45, 2.75) is 38.5 Å².